The fourth-order valence-corrected chi connectivity index (χ4v) is 2.57. The molecule has 0 radical (unpaired) electrons. The van der Waals surface area contributed by atoms with E-state index in [0.29, 0.717) is 23.5 Å². The Labute approximate surface area is 156 Å². The Morgan fingerprint density at radius 3 is 2.70 bits per heavy atom. The molecule has 0 spiro atoms. The van der Waals surface area contributed by atoms with Gasteiger partial charge in [0.2, 0.25) is 5.91 Å². The topological polar surface area (TPSA) is 106 Å². The molecular weight excluding hydrogens is 350 g/mol. The van der Waals surface area contributed by atoms with Gasteiger partial charge in [-0.15, -0.1) is 0 Å². The first-order chi connectivity index (χ1) is 12.7. The third-order valence-electron chi connectivity index (χ3n) is 4.09. The highest BCUT2D eigenvalue weighted by atomic mass is 16.5. The van der Waals surface area contributed by atoms with Crippen LogP contribution in [0.4, 0.5) is 0 Å². The van der Waals surface area contributed by atoms with Crippen molar-refractivity contribution in [2.75, 3.05) is 6.61 Å². The van der Waals surface area contributed by atoms with Crippen LogP contribution in [0.3, 0.4) is 0 Å². The van der Waals surface area contributed by atoms with E-state index >= 15 is 0 Å². The van der Waals surface area contributed by atoms with E-state index in [1.165, 1.54) is 6.92 Å². The molecule has 0 bridgehead atoms. The maximum absolute atomic E-state index is 12.3. The van der Waals surface area contributed by atoms with Crippen molar-refractivity contribution >= 4 is 22.8 Å². The van der Waals surface area contributed by atoms with Crippen LogP contribution >= 0.6 is 0 Å². The smallest absolute Gasteiger partial charge is 0.339 e. The third kappa shape index (κ3) is 5.20. The zero-order valence-corrected chi connectivity index (χ0v) is 15.6. The molecule has 1 heterocycles. The van der Waals surface area contributed by atoms with Crippen LogP contribution in [0.25, 0.3) is 11.0 Å². The van der Waals surface area contributed by atoms with Gasteiger partial charge in [-0.3, -0.25) is 9.59 Å². The fraction of sp³-hybridized carbons (Fsp3) is 0.350. The first-order valence-corrected chi connectivity index (χ1v) is 8.54. The predicted octanol–water partition coefficient (Wildman–Crippen LogP) is 2.58. The molecule has 27 heavy (non-hydrogen) atoms. The van der Waals surface area contributed by atoms with E-state index < -0.39 is 23.5 Å². The molecular formula is C20H23NO6. The summed E-state index contributed by atoms with van der Waals surface area (Å²) in [7, 11) is 0. The van der Waals surface area contributed by atoms with Crippen LogP contribution in [0.5, 0.6) is 5.75 Å². The zero-order chi connectivity index (χ0) is 20.1. The lowest BCUT2D eigenvalue weighted by Gasteiger charge is -2.11. The van der Waals surface area contributed by atoms with Crippen molar-refractivity contribution < 1.29 is 23.8 Å². The van der Waals surface area contributed by atoms with Crippen molar-refractivity contribution in [1.82, 2.24) is 5.32 Å². The van der Waals surface area contributed by atoms with Gasteiger partial charge in [0.25, 0.3) is 0 Å². The van der Waals surface area contributed by atoms with Gasteiger partial charge in [-0.25, -0.2) is 4.79 Å². The second-order valence-corrected chi connectivity index (χ2v) is 6.52. The highest BCUT2D eigenvalue weighted by molar-refractivity contribution is 5.84. The van der Waals surface area contributed by atoms with Crippen molar-refractivity contribution in [3.63, 3.8) is 0 Å². The van der Waals surface area contributed by atoms with E-state index in [1.807, 2.05) is 6.92 Å². The summed E-state index contributed by atoms with van der Waals surface area (Å²) >= 11 is 0. The lowest BCUT2D eigenvalue weighted by atomic mass is 10.0. The number of carbonyl (C=O) groups is 2. The summed E-state index contributed by atoms with van der Waals surface area (Å²) in [6.45, 7) is 9.17. The third-order valence-corrected chi connectivity index (χ3v) is 4.09. The first-order valence-electron chi connectivity index (χ1n) is 8.54. The molecule has 0 aliphatic heterocycles. The molecule has 2 aromatic rings. The number of aliphatic carboxylic acids is 1. The quantitative estimate of drug-likeness (QED) is 0.544. The van der Waals surface area contributed by atoms with Gasteiger partial charge in [-0.1, -0.05) is 6.58 Å². The van der Waals surface area contributed by atoms with Crippen molar-refractivity contribution in [3.05, 3.63) is 51.9 Å². The van der Waals surface area contributed by atoms with Gasteiger partial charge in [0.05, 0.1) is 0 Å². The second kappa shape index (κ2) is 8.53. The fourth-order valence-electron chi connectivity index (χ4n) is 2.57. The predicted molar refractivity (Wildman–Crippen MR) is 101 cm³/mol. The largest absolute Gasteiger partial charge is 0.489 e. The summed E-state index contributed by atoms with van der Waals surface area (Å²) in [5.74, 6) is -0.982. The Morgan fingerprint density at radius 2 is 2.07 bits per heavy atom. The highest BCUT2D eigenvalue weighted by Gasteiger charge is 2.16. The molecule has 0 aliphatic carbocycles. The Morgan fingerprint density at radius 1 is 1.37 bits per heavy atom. The average Bonchev–Trinajstić information content (AvgIpc) is 2.59. The second-order valence-electron chi connectivity index (χ2n) is 6.52. The average molecular weight is 373 g/mol. The molecule has 1 atom stereocenters. The van der Waals surface area contributed by atoms with Gasteiger partial charge in [0.15, 0.2) is 0 Å². The molecule has 1 aromatic heterocycles. The highest BCUT2D eigenvalue weighted by Crippen LogP contribution is 2.25. The number of amides is 1. The molecule has 0 saturated carbocycles. The lowest BCUT2D eigenvalue weighted by molar-refractivity contribution is -0.141. The summed E-state index contributed by atoms with van der Waals surface area (Å²) in [6.07, 6.45) is 0.157. The Bertz CT molecular complexity index is 943. The number of carbonyl (C=O) groups excluding carboxylic acids is 1. The van der Waals surface area contributed by atoms with Gasteiger partial charge in [-0.2, -0.15) is 0 Å². The van der Waals surface area contributed by atoms with Crippen LogP contribution in [0, 0.1) is 6.92 Å². The number of carboxylic acid groups (broad SMARTS) is 1. The number of aryl methyl sites for hydroxylation is 1. The number of benzene rings is 1. The first kappa shape index (κ1) is 20.2. The minimum absolute atomic E-state index is 0.00542. The summed E-state index contributed by atoms with van der Waals surface area (Å²) in [6, 6.07) is 4.25. The molecule has 2 rings (SSSR count). The zero-order valence-electron chi connectivity index (χ0n) is 15.6. The monoisotopic (exact) mass is 373 g/mol. The van der Waals surface area contributed by atoms with Gasteiger partial charge in [0.1, 0.15) is 24.0 Å². The molecule has 2 N–H and O–H groups in total. The minimum atomic E-state index is -1.12. The van der Waals surface area contributed by atoms with E-state index in [2.05, 4.69) is 11.9 Å². The molecule has 144 valence electrons. The van der Waals surface area contributed by atoms with Gasteiger partial charge in [0, 0.05) is 23.4 Å². The number of hydrogen-bond acceptors (Lipinski definition) is 5. The van der Waals surface area contributed by atoms with Crippen molar-refractivity contribution in [3.8, 4) is 5.75 Å². The van der Waals surface area contributed by atoms with Crippen molar-refractivity contribution in [1.29, 1.82) is 0 Å². The summed E-state index contributed by atoms with van der Waals surface area (Å²) < 4.78 is 10.9. The summed E-state index contributed by atoms with van der Waals surface area (Å²) in [5, 5.41) is 11.9. The van der Waals surface area contributed by atoms with E-state index in [9.17, 15) is 14.4 Å². The van der Waals surface area contributed by atoms with Gasteiger partial charge in [-0.05, 0) is 50.5 Å². The summed E-state index contributed by atoms with van der Waals surface area (Å²) in [4.78, 5) is 35.0. The van der Waals surface area contributed by atoms with Crippen LogP contribution in [0.1, 0.15) is 31.4 Å². The van der Waals surface area contributed by atoms with E-state index in [4.69, 9.17) is 14.3 Å². The van der Waals surface area contributed by atoms with Crippen LogP contribution in [-0.2, 0) is 16.0 Å². The number of hydrogen-bond donors (Lipinski definition) is 2. The van der Waals surface area contributed by atoms with Gasteiger partial charge >= 0.3 is 11.6 Å². The molecule has 1 aromatic carbocycles. The maximum Gasteiger partial charge on any atom is 0.339 e. The van der Waals surface area contributed by atoms with Crippen molar-refractivity contribution in [2.45, 2.75) is 39.7 Å². The van der Waals surface area contributed by atoms with Crippen LogP contribution < -0.4 is 15.7 Å². The summed E-state index contributed by atoms with van der Waals surface area (Å²) in [5.41, 5.74) is 1.89. The number of rotatable bonds is 8. The van der Waals surface area contributed by atoms with E-state index in [1.54, 1.807) is 25.1 Å². The Kier molecular flexibility index (Phi) is 6.39. The molecule has 0 aliphatic rings. The molecule has 1 amide bonds. The van der Waals surface area contributed by atoms with Gasteiger partial charge < -0.3 is 19.6 Å². The Hall–Kier alpha value is -3.09. The SMILES string of the molecule is C=C(C)COc1ccc2c(C)c(CCC(=O)NC(C)C(=O)O)c(=O)oc2c1. The molecule has 7 nitrogen and oxygen atoms in total. The van der Waals surface area contributed by atoms with E-state index in [0.717, 1.165) is 16.5 Å². The molecule has 1 unspecified atom stereocenters. The number of ether oxygens (including phenoxy) is 1. The number of nitrogens with one attached hydrogen (secondary N) is 1. The van der Waals surface area contributed by atoms with Crippen LogP contribution in [-0.4, -0.2) is 29.6 Å². The maximum atomic E-state index is 12.3. The molecule has 0 saturated heterocycles. The standard InChI is InChI=1S/C20H23NO6/c1-11(2)10-26-14-5-6-15-12(3)16(20(25)27-17(15)9-14)7-8-18(22)21-13(4)19(23)24/h5-6,9,13H,1,7-8,10H2,2-4H3,(H,21,22)(H,23,24). The van der Waals surface area contributed by atoms with Crippen molar-refractivity contribution in [2.24, 2.45) is 0 Å². The lowest BCUT2D eigenvalue weighted by Crippen LogP contribution is -2.38. The molecule has 7 heteroatoms. The number of fused-ring (bicyclic) bond motifs is 1. The molecule has 0 fully saturated rings. The minimum Gasteiger partial charge on any atom is -0.489 e. The van der Waals surface area contributed by atoms with Crippen LogP contribution in [0.15, 0.2) is 39.6 Å². The number of carboxylic acids is 1. The van der Waals surface area contributed by atoms with E-state index in [-0.39, 0.29) is 12.8 Å². The normalized spacial score (nSPS) is 11.8. The Balaban J connectivity index is 2.19. The van der Waals surface area contributed by atoms with Crippen LogP contribution in [0.2, 0.25) is 0 Å².